The number of pyridine rings is 1. The molecule has 3 heterocycles. The Bertz CT molecular complexity index is 1130. The number of benzene rings is 1. The topological polar surface area (TPSA) is 68.5 Å². The maximum atomic E-state index is 12.4. The number of hydrogen-bond donors (Lipinski definition) is 1. The lowest BCUT2D eigenvalue weighted by molar-refractivity contribution is 0.0951. The summed E-state index contributed by atoms with van der Waals surface area (Å²) in [6.45, 7) is 4.80. The Kier molecular flexibility index (Phi) is 5.08. The molecular weight excluding hydrogens is 372 g/mol. The van der Waals surface area contributed by atoms with E-state index >= 15 is 0 Å². The normalized spacial score (nSPS) is 10.9. The van der Waals surface area contributed by atoms with Crippen LogP contribution in [-0.4, -0.2) is 20.3 Å². The van der Waals surface area contributed by atoms with E-state index in [2.05, 4.69) is 15.3 Å². The van der Waals surface area contributed by atoms with Crippen LogP contribution in [0.4, 0.5) is 0 Å². The van der Waals surface area contributed by atoms with Gasteiger partial charge in [-0.2, -0.15) is 0 Å². The van der Waals surface area contributed by atoms with Crippen LogP contribution in [0.15, 0.2) is 55.0 Å². The molecule has 0 aliphatic carbocycles. The molecule has 3 aromatic heterocycles. The van der Waals surface area contributed by atoms with Gasteiger partial charge in [-0.1, -0.05) is 12.1 Å². The van der Waals surface area contributed by atoms with Gasteiger partial charge in [-0.3, -0.25) is 4.79 Å². The molecule has 0 aliphatic rings. The monoisotopic (exact) mass is 392 g/mol. The Hall–Kier alpha value is -3.19. The molecule has 4 aromatic rings. The third-order valence-electron chi connectivity index (χ3n) is 4.22. The first kappa shape index (κ1) is 18.2. The first-order chi connectivity index (χ1) is 13.6. The van der Waals surface area contributed by atoms with Gasteiger partial charge in [-0.05, 0) is 43.7 Å². The average Bonchev–Trinajstić information content (AvgIpc) is 3.29. The lowest BCUT2D eigenvalue weighted by Crippen LogP contribution is -2.22. The van der Waals surface area contributed by atoms with Crippen molar-refractivity contribution in [1.82, 2.24) is 19.7 Å². The Morgan fingerprint density at radius 1 is 1.21 bits per heavy atom. The predicted molar refractivity (Wildman–Crippen MR) is 109 cm³/mol. The molecule has 4 rings (SSSR count). The van der Waals surface area contributed by atoms with E-state index in [1.807, 2.05) is 54.9 Å². The second kappa shape index (κ2) is 7.82. The predicted octanol–water partition coefficient (Wildman–Crippen LogP) is 3.92. The fourth-order valence-corrected chi connectivity index (χ4v) is 3.60. The molecule has 6 nitrogen and oxygen atoms in total. The minimum Gasteiger partial charge on any atom is -0.487 e. The first-order valence-electron chi connectivity index (χ1n) is 8.93. The second-order valence-electron chi connectivity index (χ2n) is 6.55. The van der Waals surface area contributed by atoms with Crippen LogP contribution in [0.3, 0.4) is 0 Å². The van der Waals surface area contributed by atoms with Crippen molar-refractivity contribution in [2.45, 2.75) is 27.0 Å². The number of aryl methyl sites for hydroxylation is 2. The number of fused-ring (bicyclic) bond motifs is 1. The summed E-state index contributed by atoms with van der Waals surface area (Å²) >= 11 is 1.58. The maximum Gasteiger partial charge on any atom is 0.251 e. The van der Waals surface area contributed by atoms with Crippen molar-refractivity contribution in [3.05, 3.63) is 81.7 Å². The van der Waals surface area contributed by atoms with Gasteiger partial charge in [-0.15, -0.1) is 11.3 Å². The first-order valence-corrected chi connectivity index (χ1v) is 9.75. The van der Waals surface area contributed by atoms with Gasteiger partial charge in [0, 0.05) is 29.0 Å². The number of carbonyl (C=O) groups is 1. The molecule has 0 bridgehead atoms. The van der Waals surface area contributed by atoms with E-state index in [4.69, 9.17) is 4.74 Å². The van der Waals surface area contributed by atoms with Crippen molar-refractivity contribution in [3.63, 3.8) is 0 Å². The van der Waals surface area contributed by atoms with Crippen LogP contribution >= 0.6 is 11.3 Å². The quantitative estimate of drug-likeness (QED) is 0.540. The highest BCUT2D eigenvalue weighted by molar-refractivity contribution is 7.11. The van der Waals surface area contributed by atoms with Gasteiger partial charge in [-0.25, -0.2) is 9.97 Å². The minimum absolute atomic E-state index is 0.139. The lowest BCUT2D eigenvalue weighted by Gasteiger charge is -2.07. The van der Waals surface area contributed by atoms with Crippen LogP contribution in [0.5, 0.6) is 5.75 Å². The number of thiazole rings is 1. The molecular formula is C21H20N4O2S. The van der Waals surface area contributed by atoms with Crippen molar-refractivity contribution in [3.8, 4) is 5.75 Å². The highest BCUT2D eigenvalue weighted by Gasteiger charge is 2.09. The average molecular weight is 392 g/mol. The molecule has 0 radical (unpaired) electrons. The van der Waals surface area contributed by atoms with E-state index in [1.165, 1.54) is 5.56 Å². The summed E-state index contributed by atoms with van der Waals surface area (Å²) in [5.74, 6) is 0.495. The number of carbonyl (C=O) groups excluding carboxylic acids is 1. The number of hydrogen-bond acceptors (Lipinski definition) is 5. The SMILES string of the molecule is Cc1ccc2nc(COc3cccc(C(=O)NCc4cnc(C)s4)c3)cn2c1. The zero-order valence-corrected chi connectivity index (χ0v) is 16.5. The molecule has 7 heteroatoms. The maximum absolute atomic E-state index is 12.4. The van der Waals surface area contributed by atoms with Crippen molar-refractivity contribution >= 4 is 22.9 Å². The summed E-state index contributed by atoms with van der Waals surface area (Å²) in [4.78, 5) is 22.2. The third-order valence-corrected chi connectivity index (χ3v) is 5.14. The van der Waals surface area contributed by atoms with Gasteiger partial charge in [0.15, 0.2) is 0 Å². The van der Waals surface area contributed by atoms with Crippen LogP contribution in [0.1, 0.15) is 31.5 Å². The number of aromatic nitrogens is 3. The molecule has 0 saturated heterocycles. The zero-order valence-electron chi connectivity index (χ0n) is 15.7. The van der Waals surface area contributed by atoms with Crippen molar-refractivity contribution in [1.29, 1.82) is 0 Å². The number of nitrogens with zero attached hydrogens (tertiary/aromatic N) is 3. The third kappa shape index (κ3) is 4.20. The van der Waals surface area contributed by atoms with Crippen LogP contribution < -0.4 is 10.1 Å². The molecule has 1 amide bonds. The number of rotatable bonds is 6. The molecule has 0 aliphatic heterocycles. The molecule has 0 spiro atoms. The van der Waals surface area contributed by atoms with Gasteiger partial charge >= 0.3 is 0 Å². The van der Waals surface area contributed by atoms with Crippen LogP contribution in [0.2, 0.25) is 0 Å². The highest BCUT2D eigenvalue weighted by Crippen LogP contribution is 2.17. The molecule has 0 unspecified atom stereocenters. The summed E-state index contributed by atoms with van der Waals surface area (Å²) in [5.41, 5.74) is 3.45. The lowest BCUT2D eigenvalue weighted by atomic mass is 10.2. The Morgan fingerprint density at radius 2 is 2.11 bits per heavy atom. The van der Waals surface area contributed by atoms with Crippen molar-refractivity contribution < 1.29 is 9.53 Å². The van der Waals surface area contributed by atoms with Gasteiger partial charge in [0.05, 0.1) is 17.2 Å². The van der Waals surface area contributed by atoms with E-state index in [0.29, 0.717) is 24.5 Å². The fourth-order valence-electron chi connectivity index (χ4n) is 2.87. The van der Waals surface area contributed by atoms with Gasteiger partial charge in [0.1, 0.15) is 18.0 Å². The van der Waals surface area contributed by atoms with E-state index < -0.39 is 0 Å². The molecule has 0 atom stereocenters. The number of nitrogens with one attached hydrogen (secondary N) is 1. The number of imidazole rings is 1. The van der Waals surface area contributed by atoms with Crippen LogP contribution in [0.25, 0.3) is 5.65 Å². The summed E-state index contributed by atoms with van der Waals surface area (Å²) < 4.78 is 7.83. The van der Waals surface area contributed by atoms with E-state index in [0.717, 1.165) is 21.2 Å². The van der Waals surface area contributed by atoms with Gasteiger partial charge < -0.3 is 14.5 Å². The van der Waals surface area contributed by atoms with E-state index in [1.54, 1.807) is 29.7 Å². The van der Waals surface area contributed by atoms with E-state index in [9.17, 15) is 4.79 Å². The molecule has 0 saturated carbocycles. The van der Waals surface area contributed by atoms with Gasteiger partial charge in [0.2, 0.25) is 0 Å². The molecule has 0 fully saturated rings. The largest absolute Gasteiger partial charge is 0.487 e. The smallest absolute Gasteiger partial charge is 0.251 e. The highest BCUT2D eigenvalue weighted by atomic mass is 32.1. The molecule has 1 N–H and O–H groups in total. The number of ether oxygens (including phenoxy) is 1. The summed E-state index contributed by atoms with van der Waals surface area (Å²) in [5, 5.41) is 3.90. The zero-order chi connectivity index (χ0) is 19.5. The molecule has 142 valence electrons. The Balaban J connectivity index is 1.39. The fraction of sp³-hybridized carbons (Fsp3) is 0.190. The molecule has 1 aromatic carbocycles. The van der Waals surface area contributed by atoms with Crippen molar-refractivity contribution in [2.24, 2.45) is 0 Å². The Labute approximate surface area is 166 Å². The number of amides is 1. The van der Waals surface area contributed by atoms with Gasteiger partial charge in [0.25, 0.3) is 5.91 Å². The molecule has 28 heavy (non-hydrogen) atoms. The summed E-state index contributed by atoms with van der Waals surface area (Å²) in [6, 6.07) is 11.2. The standard InChI is InChI=1S/C21H20N4O2S/c1-14-6-7-20-24-17(12-25(20)11-14)13-27-18-5-3-4-16(8-18)21(26)23-10-19-9-22-15(2)28-19/h3-9,11-12H,10,13H2,1-2H3,(H,23,26). The van der Waals surface area contributed by atoms with Crippen LogP contribution in [0, 0.1) is 13.8 Å². The van der Waals surface area contributed by atoms with E-state index in [-0.39, 0.29) is 5.91 Å². The van der Waals surface area contributed by atoms with Crippen molar-refractivity contribution in [2.75, 3.05) is 0 Å². The Morgan fingerprint density at radius 3 is 2.93 bits per heavy atom. The summed E-state index contributed by atoms with van der Waals surface area (Å²) in [7, 11) is 0. The summed E-state index contributed by atoms with van der Waals surface area (Å²) in [6.07, 6.45) is 5.77. The minimum atomic E-state index is -0.139. The second-order valence-corrected chi connectivity index (χ2v) is 7.87. The van der Waals surface area contributed by atoms with Crippen LogP contribution in [-0.2, 0) is 13.2 Å².